The van der Waals surface area contributed by atoms with Gasteiger partial charge in [-0.1, -0.05) is 11.3 Å². The minimum Gasteiger partial charge on any atom is -0.359 e. The van der Waals surface area contributed by atoms with Gasteiger partial charge in [0.25, 0.3) is 0 Å². The van der Waals surface area contributed by atoms with Crippen LogP contribution in [0.5, 0.6) is 0 Å². The van der Waals surface area contributed by atoms with Crippen LogP contribution < -0.4 is 10.5 Å². The van der Waals surface area contributed by atoms with Crippen molar-refractivity contribution in [2.75, 3.05) is 18.5 Å². The Morgan fingerprint density at radius 2 is 2.29 bits per heavy atom. The number of alkyl halides is 1. The van der Waals surface area contributed by atoms with Crippen molar-refractivity contribution in [3.05, 3.63) is 5.69 Å². The lowest BCUT2D eigenvalue weighted by Gasteiger charge is -1.94. The number of aryl methyl sites for hydroxylation is 1. The molecule has 3 N–H and O–H groups in total. The molecule has 0 aliphatic carbocycles. The molecule has 5 nitrogen and oxygen atoms in total. The lowest BCUT2D eigenvalue weighted by Crippen LogP contribution is -2.11. The zero-order valence-corrected chi connectivity index (χ0v) is 9.08. The molecule has 1 aromatic heterocycles. The first kappa shape index (κ1) is 11.3. The predicted octanol–water partition coefficient (Wildman–Crippen LogP) is 0.480. The van der Waals surface area contributed by atoms with Crippen LogP contribution in [0.15, 0.2) is 4.21 Å². The summed E-state index contributed by atoms with van der Waals surface area (Å²) in [6.07, 6.45) is 0. The maximum atomic E-state index is 11.8. The van der Waals surface area contributed by atoms with E-state index in [-0.39, 0.29) is 10.8 Å². The van der Waals surface area contributed by atoms with Crippen molar-refractivity contribution >= 4 is 26.5 Å². The maximum Gasteiger partial charge on any atom is 0.249 e. The van der Waals surface area contributed by atoms with Gasteiger partial charge in [0.05, 0.1) is 5.69 Å². The molecule has 0 aromatic carbocycles. The van der Waals surface area contributed by atoms with E-state index < -0.39 is 16.7 Å². The average Bonchev–Trinajstić information content (AvgIpc) is 2.42. The van der Waals surface area contributed by atoms with E-state index >= 15 is 0 Å². The first-order valence-corrected chi connectivity index (χ1v) is 6.11. The number of halogens is 1. The predicted molar refractivity (Wildman–Crippen MR) is 52.7 cm³/mol. The second kappa shape index (κ2) is 4.20. The van der Waals surface area contributed by atoms with Gasteiger partial charge in [-0.05, 0) is 6.92 Å². The third-order valence-electron chi connectivity index (χ3n) is 1.38. The molecule has 0 unspecified atom stereocenters. The van der Waals surface area contributed by atoms with Crippen molar-refractivity contribution in [2.24, 2.45) is 5.14 Å². The Labute approximate surface area is 85.2 Å². The highest BCUT2D eigenvalue weighted by Crippen LogP contribution is 2.25. The highest BCUT2D eigenvalue weighted by molar-refractivity contribution is 7.91. The number of anilines is 1. The number of hydrogen-bond acceptors (Lipinski definition) is 5. The van der Waals surface area contributed by atoms with E-state index in [0.29, 0.717) is 10.8 Å². The Hall–Kier alpha value is -0.730. The summed E-state index contributed by atoms with van der Waals surface area (Å²) >= 11 is 0.905. The van der Waals surface area contributed by atoms with Crippen LogP contribution >= 0.6 is 11.3 Å². The molecular weight excluding hydrogens is 229 g/mol. The zero-order chi connectivity index (χ0) is 10.8. The molecule has 0 fully saturated rings. The number of thiazole rings is 1. The highest BCUT2D eigenvalue weighted by atomic mass is 32.2. The Kier molecular flexibility index (Phi) is 3.40. The van der Waals surface area contributed by atoms with Crippen molar-refractivity contribution in [2.45, 2.75) is 11.1 Å². The Balaban J connectivity index is 2.94. The molecule has 80 valence electrons. The third-order valence-corrected chi connectivity index (χ3v) is 4.05. The molecule has 0 amide bonds. The van der Waals surface area contributed by atoms with E-state index in [9.17, 15) is 12.8 Å². The van der Waals surface area contributed by atoms with Crippen molar-refractivity contribution in [1.82, 2.24) is 4.98 Å². The fraction of sp³-hybridized carbons (Fsp3) is 0.500. The summed E-state index contributed by atoms with van der Waals surface area (Å²) in [5.74, 6) is 0. The van der Waals surface area contributed by atoms with Crippen LogP contribution in [0.1, 0.15) is 5.69 Å². The molecule has 0 aliphatic rings. The molecule has 0 atom stereocenters. The molecule has 14 heavy (non-hydrogen) atoms. The number of hydrogen-bond donors (Lipinski definition) is 2. The van der Waals surface area contributed by atoms with Crippen LogP contribution in [0, 0.1) is 6.92 Å². The van der Waals surface area contributed by atoms with E-state index in [2.05, 4.69) is 10.3 Å². The van der Waals surface area contributed by atoms with Gasteiger partial charge >= 0.3 is 0 Å². The summed E-state index contributed by atoms with van der Waals surface area (Å²) in [5, 5.41) is 7.95. The summed E-state index contributed by atoms with van der Waals surface area (Å²) in [7, 11) is -3.72. The minimum absolute atomic E-state index is 0.0128. The molecule has 0 saturated heterocycles. The zero-order valence-electron chi connectivity index (χ0n) is 7.45. The second-order valence-electron chi connectivity index (χ2n) is 2.55. The standard InChI is InChI=1S/C6H10FN3O2S2/c1-4-5(14(8,11)12)13-6(10-4)9-3-2-7/h2-3H2,1H3,(H,9,10)(H2,8,11,12). The van der Waals surface area contributed by atoms with Crippen LogP contribution in [0.4, 0.5) is 9.52 Å². The van der Waals surface area contributed by atoms with Gasteiger partial charge in [0.15, 0.2) is 9.34 Å². The number of nitrogens with zero attached hydrogens (tertiary/aromatic N) is 1. The summed E-state index contributed by atoms with van der Waals surface area (Å²) in [4.78, 5) is 3.90. The Morgan fingerprint density at radius 1 is 1.64 bits per heavy atom. The molecule has 0 bridgehead atoms. The normalized spacial score (nSPS) is 11.6. The number of primary sulfonamides is 1. The van der Waals surface area contributed by atoms with Gasteiger partial charge in [0.1, 0.15) is 6.67 Å². The van der Waals surface area contributed by atoms with Gasteiger partial charge < -0.3 is 5.32 Å². The van der Waals surface area contributed by atoms with Crippen molar-refractivity contribution in [1.29, 1.82) is 0 Å². The molecule has 1 rings (SSSR count). The molecular formula is C6H10FN3O2S2. The summed E-state index contributed by atoms with van der Waals surface area (Å²) < 4.78 is 33.8. The van der Waals surface area contributed by atoms with Crippen molar-refractivity contribution < 1.29 is 12.8 Å². The monoisotopic (exact) mass is 239 g/mol. The third kappa shape index (κ3) is 2.63. The van der Waals surface area contributed by atoms with E-state index in [1.54, 1.807) is 0 Å². The smallest absolute Gasteiger partial charge is 0.249 e. The SMILES string of the molecule is Cc1nc(NCCF)sc1S(N)(=O)=O. The molecule has 1 aromatic rings. The maximum absolute atomic E-state index is 11.8. The summed E-state index contributed by atoms with van der Waals surface area (Å²) in [6, 6.07) is 0. The molecule has 0 radical (unpaired) electrons. The number of sulfonamides is 1. The number of rotatable bonds is 4. The van der Waals surface area contributed by atoms with Gasteiger partial charge in [0, 0.05) is 6.54 Å². The lowest BCUT2D eigenvalue weighted by molar-refractivity contribution is 0.512. The largest absolute Gasteiger partial charge is 0.359 e. The number of aromatic nitrogens is 1. The number of nitrogens with two attached hydrogens (primary N) is 1. The fourth-order valence-corrected chi connectivity index (χ4v) is 2.76. The van der Waals surface area contributed by atoms with Crippen molar-refractivity contribution in [3.63, 3.8) is 0 Å². The topological polar surface area (TPSA) is 85.1 Å². The fourth-order valence-electron chi connectivity index (χ4n) is 0.876. The van der Waals surface area contributed by atoms with Crippen LogP contribution in [-0.2, 0) is 10.0 Å². The van der Waals surface area contributed by atoms with Crippen molar-refractivity contribution in [3.8, 4) is 0 Å². The first-order valence-electron chi connectivity index (χ1n) is 3.75. The van der Waals surface area contributed by atoms with E-state index in [1.165, 1.54) is 6.92 Å². The summed E-state index contributed by atoms with van der Waals surface area (Å²) in [5.41, 5.74) is 0.332. The molecule has 0 aliphatic heterocycles. The molecule has 0 spiro atoms. The highest BCUT2D eigenvalue weighted by Gasteiger charge is 2.17. The summed E-state index contributed by atoms with van der Waals surface area (Å²) in [6.45, 7) is 1.11. The van der Waals surface area contributed by atoms with Gasteiger partial charge in [-0.2, -0.15) is 0 Å². The average molecular weight is 239 g/mol. The van der Waals surface area contributed by atoms with Gasteiger partial charge in [-0.25, -0.2) is 22.9 Å². The van der Waals surface area contributed by atoms with Gasteiger partial charge in [0.2, 0.25) is 10.0 Å². The first-order chi connectivity index (χ1) is 6.45. The van der Waals surface area contributed by atoms with Crippen LogP contribution in [0.2, 0.25) is 0 Å². The lowest BCUT2D eigenvalue weighted by atomic mass is 10.6. The van der Waals surface area contributed by atoms with Gasteiger partial charge in [-0.15, -0.1) is 0 Å². The van der Waals surface area contributed by atoms with Crippen LogP contribution in [0.3, 0.4) is 0 Å². The van der Waals surface area contributed by atoms with Crippen LogP contribution in [0.25, 0.3) is 0 Å². The number of nitrogens with one attached hydrogen (secondary N) is 1. The van der Waals surface area contributed by atoms with E-state index in [1.807, 2.05) is 0 Å². The minimum atomic E-state index is -3.72. The quantitative estimate of drug-likeness (QED) is 0.800. The van der Waals surface area contributed by atoms with Crippen LogP contribution in [-0.4, -0.2) is 26.6 Å². The second-order valence-corrected chi connectivity index (χ2v) is 5.31. The van der Waals surface area contributed by atoms with E-state index in [0.717, 1.165) is 11.3 Å². The Bertz CT molecular complexity index is 415. The van der Waals surface area contributed by atoms with E-state index in [4.69, 9.17) is 5.14 Å². The molecule has 1 heterocycles. The molecule has 0 saturated carbocycles. The Morgan fingerprint density at radius 3 is 2.71 bits per heavy atom. The molecule has 8 heteroatoms. The van der Waals surface area contributed by atoms with Gasteiger partial charge in [-0.3, -0.25) is 0 Å².